The lowest BCUT2D eigenvalue weighted by atomic mass is 9.96. The Kier molecular flexibility index (Phi) is 4.42. The van der Waals surface area contributed by atoms with Crippen LogP contribution < -0.4 is 0 Å². The fraction of sp³-hybridized carbons (Fsp3) is 0.375. The maximum Gasteiger partial charge on any atom is 0.307 e. The fourth-order valence-electron chi connectivity index (χ4n) is 2.91. The van der Waals surface area contributed by atoms with Gasteiger partial charge in [0.05, 0.1) is 24.0 Å². The number of hydrogen-bond acceptors (Lipinski definition) is 4. The van der Waals surface area contributed by atoms with Gasteiger partial charge in [0.1, 0.15) is 4.90 Å². The van der Waals surface area contributed by atoms with Crippen molar-refractivity contribution in [1.82, 2.24) is 14.1 Å². The van der Waals surface area contributed by atoms with Crippen LogP contribution in [0.1, 0.15) is 19.8 Å². The van der Waals surface area contributed by atoms with Gasteiger partial charge in [-0.25, -0.2) is 13.1 Å². The first kappa shape index (κ1) is 16.7. The maximum absolute atomic E-state index is 12.9. The van der Waals surface area contributed by atoms with Crippen molar-refractivity contribution < 1.29 is 18.3 Å². The normalized spacial score (nSPS) is 22.4. The first-order valence-corrected chi connectivity index (χ1v) is 9.18. The van der Waals surface area contributed by atoms with Gasteiger partial charge >= 0.3 is 5.97 Å². The molecule has 8 heteroatoms. The Bertz CT molecular complexity index is 832. The molecular weight excluding hydrogens is 330 g/mol. The Morgan fingerprint density at radius 1 is 1.25 bits per heavy atom. The van der Waals surface area contributed by atoms with E-state index in [2.05, 4.69) is 5.10 Å². The highest BCUT2D eigenvalue weighted by atomic mass is 32.2. The van der Waals surface area contributed by atoms with Gasteiger partial charge in [-0.05, 0) is 31.9 Å². The van der Waals surface area contributed by atoms with E-state index < -0.39 is 21.9 Å². The van der Waals surface area contributed by atoms with Crippen molar-refractivity contribution in [2.45, 2.75) is 30.7 Å². The SMILES string of the molecule is CC1CCC(C(=O)O)CN1S(=O)(=O)c1cnn(-c2ccccc2)c1. The molecule has 0 amide bonds. The van der Waals surface area contributed by atoms with Crippen molar-refractivity contribution in [2.75, 3.05) is 6.54 Å². The van der Waals surface area contributed by atoms with Crippen LogP contribution in [-0.2, 0) is 14.8 Å². The van der Waals surface area contributed by atoms with Crippen molar-refractivity contribution in [1.29, 1.82) is 0 Å². The quantitative estimate of drug-likeness (QED) is 0.908. The third-order valence-corrected chi connectivity index (χ3v) is 6.29. The maximum atomic E-state index is 12.9. The first-order chi connectivity index (χ1) is 11.4. The summed E-state index contributed by atoms with van der Waals surface area (Å²) in [4.78, 5) is 11.3. The van der Waals surface area contributed by atoms with Gasteiger partial charge in [-0.2, -0.15) is 9.40 Å². The summed E-state index contributed by atoms with van der Waals surface area (Å²) in [7, 11) is -3.78. The smallest absolute Gasteiger partial charge is 0.307 e. The second-order valence-corrected chi connectivity index (χ2v) is 7.88. The average Bonchev–Trinajstić information content (AvgIpc) is 3.06. The predicted octanol–water partition coefficient (Wildman–Crippen LogP) is 1.75. The molecule has 1 N–H and O–H groups in total. The Balaban J connectivity index is 1.90. The Labute approximate surface area is 140 Å². The van der Waals surface area contributed by atoms with Crippen LogP contribution in [0.5, 0.6) is 0 Å². The van der Waals surface area contributed by atoms with Crippen molar-refractivity contribution >= 4 is 16.0 Å². The van der Waals surface area contributed by atoms with Gasteiger partial charge in [0.25, 0.3) is 0 Å². The molecule has 1 aliphatic heterocycles. The van der Waals surface area contributed by atoms with E-state index in [1.807, 2.05) is 30.3 Å². The molecule has 1 fully saturated rings. The molecule has 1 aliphatic rings. The van der Waals surface area contributed by atoms with E-state index in [0.717, 1.165) is 5.69 Å². The monoisotopic (exact) mass is 349 g/mol. The minimum atomic E-state index is -3.78. The molecule has 2 unspecified atom stereocenters. The molecule has 0 radical (unpaired) electrons. The van der Waals surface area contributed by atoms with Gasteiger partial charge in [-0.15, -0.1) is 0 Å². The van der Waals surface area contributed by atoms with Gasteiger partial charge in [0, 0.05) is 12.6 Å². The van der Waals surface area contributed by atoms with Crippen LogP contribution in [0.15, 0.2) is 47.6 Å². The Morgan fingerprint density at radius 3 is 2.62 bits per heavy atom. The predicted molar refractivity (Wildman–Crippen MR) is 87.3 cm³/mol. The van der Waals surface area contributed by atoms with E-state index in [9.17, 15) is 18.3 Å². The van der Waals surface area contributed by atoms with Gasteiger partial charge < -0.3 is 5.11 Å². The van der Waals surface area contributed by atoms with Crippen molar-refractivity contribution in [3.8, 4) is 5.69 Å². The van der Waals surface area contributed by atoms with Gasteiger partial charge in [0.2, 0.25) is 10.0 Å². The van der Waals surface area contributed by atoms with E-state index in [-0.39, 0.29) is 17.5 Å². The summed E-state index contributed by atoms with van der Waals surface area (Å²) in [5, 5.41) is 13.3. The summed E-state index contributed by atoms with van der Waals surface area (Å²) in [5.74, 6) is -1.62. The van der Waals surface area contributed by atoms with Gasteiger partial charge in [-0.3, -0.25) is 4.79 Å². The first-order valence-electron chi connectivity index (χ1n) is 7.74. The molecule has 0 spiro atoms. The number of carboxylic acids is 1. The molecule has 0 saturated carbocycles. The van der Waals surface area contributed by atoms with E-state index >= 15 is 0 Å². The van der Waals surface area contributed by atoms with Crippen LogP contribution in [0.4, 0.5) is 0 Å². The summed E-state index contributed by atoms with van der Waals surface area (Å²) < 4.78 is 28.6. The fourth-order valence-corrected chi connectivity index (χ4v) is 4.55. The summed E-state index contributed by atoms with van der Waals surface area (Å²) in [6, 6.07) is 8.98. The molecule has 0 bridgehead atoms. The summed E-state index contributed by atoms with van der Waals surface area (Å²) in [6.45, 7) is 1.80. The second-order valence-electron chi connectivity index (χ2n) is 5.99. The second kappa shape index (κ2) is 6.37. The third-order valence-electron chi connectivity index (χ3n) is 4.36. The molecule has 2 aromatic rings. The topological polar surface area (TPSA) is 92.5 Å². The summed E-state index contributed by atoms with van der Waals surface area (Å²) in [6.07, 6.45) is 3.79. The van der Waals surface area contributed by atoms with Crippen LogP contribution in [0, 0.1) is 5.92 Å². The summed E-state index contributed by atoms with van der Waals surface area (Å²) in [5.41, 5.74) is 0.758. The van der Waals surface area contributed by atoms with Crippen LogP contribution >= 0.6 is 0 Å². The third kappa shape index (κ3) is 3.07. The lowest BCUT2D eigenvalue weighted by molar-refractivity contribution is -0.143. The highest BCUT2D eigenvalue weighted by Gasteiger charge is 2.38. The number of nitrogens with zero attached hydrogens (tertiary/aromatic N) is 3. The number of aliphatic carboxylic acids is 1. The molecule has 3 rings (SSSR count). The van der Waals surface area contributed by atoms with Crippen LogP contribution in [0.2, 0.25) is 0 Å². The van der Waals surface area contributed by atoms with E-state index in [1.165, 1.54) is 21.4 Å². The highest BCUT2D eigenvalue weighted by molar-refractivity contribution is 7.89. The van der Waals surface area contributed by atoms with Crippen LogP contribution in [0.3, 0.4) is 0 Å². The Morgan fingerprint density at radius 2 is 1.96 bits per heavy atom. The van der Waals surface area contributed by atoms with E-state index in [0.29, 0.717) is 12.8 Å². The zero-order valence-corrected chi connectivity index (χ0v) is 14.1. The molecule has 7 nitrogen and oxygen atoms in total. The molecule has 128 valence electrons. The van der Waals surface area contributed by atoms with Gasteiger partial charge in [-0.1, -0.05) is 18.2 Å². The molecule has 1 saturated heterocycles. The molecule has 2 atom stereocenters. The van der Waals surface area contributed by atoms with Crippen molar-refractivity contribution in [2.24, 2.45) is 5.92 Å². The number of carboxylic acid groups (broad SMARTS) is 1. The van der Waals surface area contributed by atoms with Crippen molar-refractivity contribution in [3.05, 3.63) is 42.7 Å². The standard InChI is InChI=1S/C16H19N3O4S/c1-12-7-8-13(16(20)21)10-19(12)24(22,23)15-9-17-18(11-15)14-5-3-2-4-6-14/h2-6,9,11-13H,7-8,10H2,1H3,(H,20,21). The average molecular weight is 349 g/mol. The lowest BCUT2D eigenvalue weighted by Crippen LogP contribution is -2.47. The zero-order chi connectivity index (χ0) is 17.3. The van der Waals surface area contributed by atoms with Crippen LogP contribution in [-0.4, -0.2) is 46.2 Å². The number of carbonyl (C=O) groups is 1. The number of piperidine rings is 1. The van der Waals surface area contributed by atoms with E-state index in [1.54, 1.807) is 6.92 Å². The molecular formula is C16H19N3O4S. The molecule has 24 heavy (non-hydrogen) atoms. The molecule has 0 aliphatic carbocycles. The summed E-state index contributed by atoms with van der Waals surface area (Å²) >= 11 is 0. The number of para-hydroxylation sites is 1. The number of hydrogen-bond donors (Lipinski definition) is 1. The minimum Gasteiger partial charge on any atom is -0.481 e. The van der Waals surface area contributed by atoms with Crippen LogP contribution in [0.25, 0.3) is 5.69 Å². The highest BCUT2D eigenvalue weighted by Crippen LogP contribution is 2.28. The molecule has 1 aromatic heterocycles. The zero-order valence-electron chi connectivity index (χ0n) is 13.2. The van der Waals surface area contributed by atoms with Gasteiger partial charge in [0.15, 0.2) is 0 Å². The molecule has 2 heterocycles. The Hall–Kier alpha value is -2.19. The largest absolute Gasteiger partial charge is 0.481 e. The number of benzene rings is 1. The minimum absolute atomic E-state index is 0.00461. The number of rotatable bonds is 4. The number of aromatic nitrogens is 2. The molecule has 1 aromatic carbocycles. The number of sulfonamides is 1. The van der Waals surface area contributed by atoms with Crippen molar-refractivity contribution in [3.63, 3.8) is 0 Å². The van der Waals surface area contributed by atoms with E-state index in [4.69, 9.17) is 0 Å². The lowest BCUT2D eigenvalue weighted by Gasteiger charge is -2.34.